The molecule has 0 saturated heterocycles. The smallest absolute Gasteiger partial charge is 0.116 e. The minimum Gasteiger partial charge on any atom is -0.508 e. The van der Waals surface area contributed by atoms with Crippen molar-refractivity contribution in [3.8, 4) is 5.75 Å². The summed E-state index contributed by atoms with van der Waals surface area (Å²) < 4.78 is 0. The Hall–Kier alpha value is -1.24. The molecule has 4 rings (SSSR count). The third-order valence-corrected chi connectivity index (χ3v) is 6.91. The van der Waals surface area contributed by atoms with Crippen molar-refractivity contribution in [1.82, 2.24) is 0 Å². The Labute approximate surface area is 134 Å². The molecule has 2 saturated carbocycles. The highest BCUT2D eigenvalue weighted by Crippen LogP contribution is 2.62. The number of allylic oxidation sites excluding steroid dienone is 2. The Balaban J connectivity index is 1.80. The molecule has 0 unspecified atom stereocenters. The van der Waals surface area contributed by atoms with Crippen molar-refractivity contribution in [1.29, 1.82) is 0 Å². The highest BCUT2D eigenvalue weighted by molar-refractivity contribution is 5.72. The quantitative estimate of drug-likeness (QED) is 0.685. The predicted octanol–water partition coefficient (Wildman–Crippen LogP) is 5.89. The van der Waals surface area contributed by atoms with E-state index in [4.69, 9.17) is 0 Å². The fourth-order valence-electron chi connectivity index (χ4n) is 5.90. The first-order valence-electron chi connectivity index (χ1n) is 9.15. The molecule has 0 spiro atoms. The summed E-state index contributed by atoms with van der Waals surface area (Å²) in [6, 6.07) is 6.12. The Kier molecular flexibility index (Phi) is 3.36. The van der Waals surface area contributed by atoms with Gasteiger partial charge in [-0.3, -0.25) is 0 Å². The Morgan fingerprint density at radius 2 is 2.14 bits per heavy atom. The third kappa shape index (κ3) is 2.05. The Morgan fingerprint density at radius 3 is 2.95 bits per heavy atom. The average Bonchev–Trinajstić information content (AvgIpc) is 2.90. The molecule has 0 radical (unpaired) electrons. The number of rotatable bonds is 1. The lowest BCUT2D eigenvalue weighted by molar-refractivity contribution is 0.0702. The first-order chi connectivity index (χ1) is 10.6. The summed E-state index contributed by atoms with van der Waals surface area (Å²) in [5.74, 6) is 2.88. The van der Waals surface area contributed by atoms with Crippen LogP contribution in [0.3, 0.4) is 0 Å². The van der Waals surface area contributed by atoms with Crippen LogP contribution in [0.4, 0.5) is 0 Å². The van der Waals surface area contributed by atoms with Gasteiger partial charge < -0.3 is 5.11 Å². The summed E-state index contributed by atoms with van der Waals surface area (Å²) >= 11 is 0. The van der Waals surface area contributed by atoms with Crippen molar-refractivity contribution >= 4 is 5.57 Å². The minimum atomic E-state index is 0.417. The van der Waals surface area contributed by atoms with Gasteiger partial charge in [-0.05, 0) is 90.5 Å². The number of benzene rings is 1. The minimum absolute atomic E-state index is 0.417. The zero-order chi connectivity index (χ0) is 15.3. The zero-order valence-electron chi connectivity index (χ0n) is 13.9. The molecule has 1 aromatic carbocycles. The van der Waals surface area contributed by atoms with Gasteiger partial charge in [0, 0.05) is 0 Å². The van der Waals surface area contributed by atoms with Crippen molar-refractivity contribution in [2.24, 2.45) is 17.3 Å². The van der Waals surface area contributed by atoms with E-state index in [0.29, 0.717) is 11.2 Å². The third-order valence-electron chi connectivity index (χ3n) is 6.91. The van der Waals surface area contributed by atoms with Gasteiger partial charge in [-0.1, -0.05) is 32.4 Å². The van der Waals surface area contributed by atoms with Gasteiger partial charge in [-0.25, -0.2) is 0 Å². The maximum atomic E-state index is 9.93. The van der Waals surface area contributed by atoms with Crippen LogP contribution in [0.1, 0.15) is 75.8 Å². The molecular weight excluding hydrogens is 268 g/mol. The molecule has 0 heterocycles. The Morgan fingerprint density at radius 1 is 1.27 bits per heavy atom. The fraction of sp³-hybridized carbons (Fsp3) is 0.619. The summed E-state index contributed by atoms with van der Waals surface area (Å²) in [6.45, 7) is 4.78. The van der Waals surface area contributed by atoms with Crippen molar-refractivity contribution in [3.05, 3.63) is 35.4 Å². The maximum Gasteiger partial charge on any atom is 0.116 e. The first-order valence-corrected chi connectivity index (χ1v) is 9.15. The van der Waals surface area contributed by atoms with Gasteiger partial charge in [0.1, 0.15) is 5.75 Å². The number of phenolic OH excluding ortho intramolecular Hbond substituents is 1. The number of phenols is 1. The molecule has 0 aliphatic heterocycles. The maximum absolute atomic E-state index is 9.93. The molecule has 0 bridgehead atoms. The van der Waals surface area contributed by atoms with Crippen LogP contribution in [-0.2, 0) is 0 Å². The van der Waals surface area contributed by atoms with E-state index >= 15 is 0 Å². The standard InChI is InChI=1S/C21H28O/c1-3-5-14-12-19-17(16-8-7-15(22)13-18(14)16)9-11-21(2)10-4-6-20(19)21/h5,7-8,13,17,19-20,22H,3-4,6,9-12H2,1-2H3/t17-,19-,20+,21+/m1/s1. The molecule has 1 heteroatoms. The Bertz CT molecular complexity index is 614. The number of aromatic hydroxyl groups is 1. The van der Waals surface area contributed by atoms with Gasteiger partial charge in [-0.15, -0.1) is 0 Å². The van der Waals surface area contributed by atoms with E-state index in [9.17, 15) is 5.11 Å². The molecule has 22 heavy (non-hydrogen) atoms. The highest BCUT2D eigenvalue weighted by Gasteiger charge is 2.50. The monoisotopic (exact) mass is 296 g/mol. The molecule has 1 aromatic rings. The van der Waals surface area contributed by atoms with Crippen molar-refractivity contribution in [2.45, 2.75) is 64.7 Å². The van der Waals surface area contributed by atoms with Crippen molar-refractivity contribution in [2.75, 3.05) is 0 Å². The van der Waals surface area contributed by atoms with Gasteiger partial charge >= 0.3 is 0 Å². The van der Waals surface area contributed by atoms with E-state index in [1.807, 2.05) is 12.1 Å². The van der Waals surface area contributed by atoms with Crippen LogP contribution in [0.15, 0.2) is 24.3 Å². The van der Waals surface area contributed by atoms with E-state index < -0.39 is 0 Å². The van der Waals surface area contributed by atoms with Crippen molar-refractivity contribution in [3.63, 3.8) is 0 Å². The van der Waals surface area contributed by atoms with Crippen molar-refractivity contribution < 1.29 is 5.11 Å². The normalized spacial score (nSPS) is 38.5. The summed E-state index contributed by atoms with van der Waals surface area (Å²) in [5.41, 5.74) is 4.95. The van der Waals surface area contributed by atoms with Crippen LogP contribution in [0, 0.1) is 17.3 Å². The van der Waals surface area contributed by atoms with Gasteiger partial charge in [0.05, 0.1) is 0 Å². The van der Waals surface area contributed by atoms with Crippen LogP contribution in [0.2, 0.25) is 0 Å². The molecular formula is C21H28O. The number of hydrogen-bond donors (Lipinski definition) is 1. The van der Waals surface area contributed by atoms with Crippen LogP contribution in [0.5, 0.6) is 5.75 Å². The summed E-state index contributed by atoms with van der Waals surface area (Å²) in [7, 11) is 0. The van der Waals surface area contributed by atoms with Crippen LogP contribution in [-0.4, -0.2) is 5.11 Å². The molecule has 1 N–H and O–H groups in total. The van der Waals surface area contributed by atoms with Gasteiger partial charge in [0.15, 0.2) is 0 Å². The number of hydrogen-bond acceptors (Lipinski definition) is 1. The fourth-order valence-corrected chi connectivity index (χ4v) is 5.90. The lowest BCUT2D eigenvalue weighted by atomic mass is 9.55. The lowest BCUT2D eigenvalue weighted by Gasteiger charge is -2.49. The number of fused-ring (bicyclic) bond motifs is 5. The van der Waals surface area contributed by atoms with E-state index in [2.05, 4.69) is 26.0 Å². The SMILES string of the molecule is CCC=C1C[C@@H]2[C@H](CC[C@]3(C)CCC[C@@H]23)c2ccc(O)cc21. The van der Waals surface area contributed by atoms with Crippen LogP contribution < -0.4 is 0 Å². The van der Waals surface area contributed by atoms with E-state index in [1.54, 1.807) is 0 Å². The molecule has 0 amide bonds. The van der Waals surface area contributed by atoms with E-state index in [0.717, 1.165) is 24.2 Å². The van der Waals surface area contributed by atoms with Gasteiger partial charge in [0.25, 0.3) is 0 Å². The molecule has 118 valence electrons. The summed E-state index contributed by atoms with van der Waals surface area (Å²) in [6.07, 6.45) is 11.8. The zero-order valence-corrected chi connectivity index (χ0v) is 13.9. The first kappa shape index (κ1) is 14.4. The van der Waals surface area contributed by atoms with E-state index in [1.165, 1.54) is 55.2 Å². The molecule has 4 atom stereocenters. The average molecular weight is 296 g/mol. The summed E-state index contributed by atoms with van der Waals surface area (Å²) in [5, 5.41) is 9.93. The second-order valence-corrected chi connectivity index (χ2v) is 8.08. The van der Waals surface area contributed by atoms with Gasteiger partial charge in [0.2, 0.25) is 0 Å². The molecule has 0 aromatic heterocycles. The second-order valence-electron chi connectivity index (χ2n) is 8.08. The highest BCUT2D eigenvalue weighted by atomic mass is 16.3. The molecule has 1 nitrogen and oxygen atoms in total. The summed E-state index contributed by atoms with van der Waals surface area (Å²) in [4.78, 5) is 0. The predicted molar refractivity (Wildman–Crippen MR) is 91.9 cm³/mol. The van der Waals surface area contributed by atoms with Gasteiger partial charge in [-0.2, -0.15) is 0 Å². The largest absolute Gasteiger partial charge is 0.508 e. The van der Waals surface area contributed by atoms with Crippen LogP contribution in [0.25, 0.3) is 5.57 Å². The molecule has 2 fully saturated rings. The molecule has 3 aliphatic carbocycles. The second kappa shape index (κ2) is 5.15. The van der Waals surface area contributed by atoms with E-state index in [-0.39, 0.29) is 0 Å². The topological polar surface area (TPSA) is 20.2 Å². The lowest BCUT2D eigenvalue weighted by Crippen LogP contribution is -2.39. The molecule has 3 aliphatic rings. The van der Waals surface area contributed by atoms with Crippen LogP contribution >= 0.6 is 0 Å².